The molecule has 0 amide bonds. The van der Waals surface area contributed by atoms with E-state index in [9.17, 15) is 0 Å². The van der Waals surface area contributed by atoms with Crippen LogP contribution in [0.3, 0.4) is 0 Å². The number of allylic oxidation sites excluding steroid dienone is 1. The molecule has 0 spiro atoms. The number of benzene rings is 1. The van der Waals surface area contributed by atoms with Crippen LogP contribution in [-0.4, -0.2) is 31.8 Å². The lowest BCUT2D eigenvalue weighted by molar-refractivity contribution is 0.415. The molecule has 136 valence electrons. The first kappa shape index (κ1) is 17.7. The van der Waals surface area contributed by atoms with Crippen molar-refractivity contribution in [3.8, 4) is 17.1 Å². The first-order valence-corrected chi connectivity index (χ1v) is 9.90. The van der Waals surface area contributed by atoms with E-state index in [0.29, 0.717) is 6.54 Å². The van der Waals surface area contributed by atoms with E-state index in [1.807, 2.05) is 34.9 Å². The molecule has 27 heavy (non-hydrogen) atoms. The van der Waals surface area contributed by atoms with Gasteiger partial charge in [0.05, 0.1) is 7.11 Å². The average Bonchev–Trinajstić information content (AvgIpc) is 3.26. The van der Waals surface area contributed by atoms with Gasteiger partial charge in [0, 0.05) is 22.4 Å². The molecular formula is C19H17N5OS2. The van der Waals surface area contributed by atoms with E-state index < -0.39 is 0 Å². The minimum atomic E-state index is 0.605. The van der Waals surface area contributed by atoms with E-state index in [-0.39, 0.29) is 0 Å². The molecule has 4 aromatic rings. The molecule has 0 aliphatic rings. The Bertz CT molecular complexity index is 1100. The molecule has 1 aromatic carbocycles. The van der Waals surface area contributed by atoms with Gasteiger partial charge in [-0.2, -0.15) is 0 Å². The van der Waals surface area contributed by atoms with Crippen LogP contribution in [0.5, 0.6) is 5.75 Å². The molecule has 3 heterocycles. The van der Waals surface area contributed by atoms with Crippen molar-refractivity contribution in [2.24, 2.45) is 0 Å². The highest BCUT2D eigenvalue weighted by atomic mass is 32.2. The maximum atomic E-state index is 5.23. The van der Waals surface area contributed by atoms with Crippen molar-refractivity contribution in [3.63, 3.8) is 0 Å². The molecular weight excluding hydrogens is 378 g/mol. The Kier molecular flexibility index (Phi) is 4.91. The first-order chi connectivity index (χ1) is 13.2. The summed E-state index contributed by atoms with van der Waals surface area (Å²) in [6, 6.07) is 9.89. The van der Waals surface area contributed by atoms with Crippen molar-refractivity contribution in [2.75, 3.05) is 7.11 Å². The number of hydrogen-bond acceptors (Lipinski definition) is 7. The molecule has 3 aromatic heterocycles. The highest BCUT2D eigenvalue weighted by molar-refractivity contribution is 7.99. The Balaban J connectivity index is 1.74. The Labute approximate surface area is 165 Å². The zero-order valence-corrected chi connectivity index (χ0v) is 16.5. The molecule has 0 saturated heterocycles. The maximum Gasteiger partial charge on any atom is 0.198 e. The van der Waals surface area contributed by atoms with Gasteiger partial charge < -0.3 is 4.74 Å². The standard InChI is InChI=1S/C19H17N5OS2/c1-4-9-24-16(13-5-7-14(25-3)8-6-13)22-23-19(24)27-18-15-10-12(2)26-17(15)20-11-21-18/h4-8,10-11H,1,9H2,2-3H3. The minimum Gasteiger partial charge on any atom is -0.497 e. The van der Waals surface area contributed by atoms with Crippen molar-refractivity contribution in [1.29, 1.82) is 0 Å². The molecule has 8 heteroatoms. The zero-order valence-electron chi connectivity index (χ0n) is 14.9. The quantitative estimate of drug-likeness (QED) is 0.351. The molecule has 0 fully saturated rings. The van der Waals surface area contributed by atoms with Crippen LogP contribution in [0.15, 0.2) is 59.5 Å². The number of nitrogens with zero attached hydrogens (tertiary/aromatic N) is 5. The van der Waals surface area contributed by atoms with E-state index >= 15 is 0 Å². The van der Waals surface area contributed by atoms with Crippen LogP contribution in [0.2, 0.25) is 0 Å². The van der Waals surface area contributed by atoms with Crippen LogP contribution < -0.4 is 4.74 Å². The normalized spacial score (nSPS) is 11.0. The Morgan fingerprint density at radius 1 is 1.22 bits per heavy atom. The predicted octanol–water partition coefficient (Wildman–Crippen LogP) is 4.60. The van der Waals surface area contributed by atoms with Gasteiger partial charge in [-0.05, 0) is 49.0 Å². The van der Waals surface area contributed by atoms with Gasteiger partial charge in [0.25, 0.3) is 0 Å². The van der Waals surface area contributed by atoms with Gasteiger partial charge in [-0.25, -0.2) is 9.97 Å². The van der Waals surface area contributed by atoms with Gasteiger partial charge in [-0.15, -0.1) is 28.1 Å². The van der Waals surface area contributed by atoms with Crippen LogP contribution >= 0.6 is 23.1 Å². The van der Waals surface area contributed by atoms with Crippen LogP contribution in [0.4, 0.5) is 0 Å². The summed E-state index contributed by atoms with van der Waals surface area (Å²) in [7, 11) is 1.65. The van der Waals surface area contributed by atoms with Crippen LogP contribution in [0.1, 0.15) is 4.88 Å². The average molecular weight is 396 g/mol. The molecule has 0 aliphatic carbocycles. The molecule has 0 atom stereocenters. The van der Waals surface area contributed by atoms with E-state index in [0.717, 1.165) is 37.5 Å². The topological polar surface area (TPSA) is 65.7 Å². The molecule has 0 bridgehead atoms. The lowest BCUT2D eigenvalue weighted by Crippen LogP contribution is -2.00. The van der Waals surface area contributed by atoms with Crippen molar-refractivity contribution < 1.29 is 4.74 Å². The number of thiophene rings is 1. The number of aromatic nitrogens is 5. The van der Waals surface area contributed by atoms with Crippen molar-refractivity contribution in [2.45, 2.75) is 23.7 Å². The monoisotopic (exact) mass is 395 g/mol. The third kappa shape index (κ3) is 3.45. The second kappa shape index (κ2) is 7.50. The van der Waals surface area contributed by atoms with Gasteiger partial charge in [-0.3, -0.25) is 4.57 Å². The highest BCUT2D eigenvalue weighted by Gasteiger charge is 2.17. The summed E-state index contributed by atoms with van der Waals surface area (Å²) < 4.78 is 7.27. The predicted molar refractivity (Wildman–Crippen MR) is 108 cm³/mol. The van der Waals surface area contributed by atoms with E-state index in [2.05, 4.69) is 39.7 Å². The second-order valence-electron chi connectivity index (χ2n) is 5.79. The molecule has 6 nitrogen and oxygen atoms in total. The van der Waals surface area contributed by atoms with Gasteiger partial charge in [0.15, 0.2) is 11.0 Å². The van der Waals surface area contributed by atoms with Crippen LogP contribution in [0, 0.1) is 6.92 Å². The third-order valence-electron chi connectivity index (χ3n) is 3.98. The summed E-state index contributed by atoms with van der Waals surface area (Å²) in [4.78, 5) is 11.0. The van der Waals surface area contributed by atoms with Gasteiger partial charge in [-0.1, -0.05) is 6.08 Å². The molecule has 0 radical (unpaired) electrons. The molecule has 0 unspecified atom stereocenters. The Morgan fingerprint density at radius 2 is 2.04 bits per heavy atom. The van der Waals surface area contributed by atoms with Gasteiger partial charge in [0.2, 0.25) is 0 Å². The fourth-order valence-electron chi connectivity index (χ4n) is 2.73. The smallest absolute Gasteiger partial charge is 0.198 e. The van der Waals surface area contributed by atoms with Gasteiger partial charge in [0.1, 0.15) is 21.9 Å². The lowest BCUT2D eigenvalue weighted by Gasteiger charge is -2.08. The van der Waals surface area contributed by atoms with Crippen LogP contribution in [0.25, 0.3) is 21.6 Å². The minimum absolute atomic E-state index is 0.605. The van der Waals surface area contributed by atoms with E-state index in [4.69, 9.17) is 4.74 Å². The summed E-state index contributed by atoms with van der Waals surface area (Å²) >= 11 is 3.15. The fourth-order valence-corrected chi connectivity index (χ4v) is 4.54. The summed E-state index contributed by atoms with van der Waals surface area (Å²) in [6.07, 6.45) is 3.43. The molecule has 0 N–H and O–H groups in total. The van der Waals surface area contributed by atoms with Gasteiger partial charge >= 0.3 is 0 Å². The van der Waals surface area contributed by atoms with Crippen molar-refractivity contribution in [3.05, 3.63) is 54.2 Å². The molecule has 0 saturated carbocycles. The lowest BCUT2D eigenvalue weighted by atomic mass is 10.2. The molecule has 4 rings (SSSR count). The van der Waals surface area contributed by atoms with Crippen molar-refractivity contribution >= 4 is 33.3 Å². The maximum absolute atomic E-state index is 5.23. The van der Waals surface area contributed by atoms with Crippen LogP contribution in [-0.2, 0) is 6.54 Å². The summed E-state index contributed by atoms with van der Waals surface area (Å²) in [5.74, 6) is 1.59. The number of hydrogen-bond donors (Lipinski definition) is 0. The number of rotatable bonds is 6. The van der Waals surface area contributed by atoms with E-state index in [1.54, 1.807) is 24.8 Å². The van der Waals surface area contributed by atoms with E-state index in [1.165, 1.54) is 16.6 Å². The second-order valence-corrected chi connectivity index (χ2v) is 7.98. The summed E-state index contributed by atoms with van der Waals surface area (Å²) in [5, 5.41) is 11.5. The largest absolute Gasteiger partial charge is 0.497 e. The van der Waals surface area contributed by atoms with Crippen molar-refractivity contribution in [1.82, 2.24) is 24.7 Å². The summed E-state index contributed by atoms with van der Waals surface area (Å²) in [5.41, 5.74) is 0.969. The summed E-state index contributed by atoms with van der Waals surface area (Å²) in [6.45, 7) is 6.55. The number of fused-ring (bicyclic) bond motifs is 1. The SMILES string of the molecule is C=CCn1c(Sc2ncnc3sc(C)cc23)nnc1-c1ccc(OC)cc1. The number of methoxy groups -OCH3 is 1. The number of aryl methyl sites for hydroxylation is 1. The number of ether oxygens (including phenoxy) is 1. The Hall–Kier alpha value is -2.71. The first-order valence-electron chi connectivity index (χ1n) is 8.27. The Morgan fingerprint density at radius 3 is 2.78 bits per heavy atom. The molecule has 0 aliphatic heterocycles. The third-order valence-corrected chi connectivity index (χ3v) is 5.94. The fraction of sp³-hybridized carbons (Fsp3) is 0.158. The zero-order chi connectivity index (χ0) is 18.8. The highest BCUT2D eigenvalue weighted by Crippen LogP contribution is 2.35.